The van der Waals surface area contributed by atoms with Crippen LogP contribution < -0.4 is 10.5 Å². The molecule has 102 valence electrons. The third-order valence-corrected chi connectivity index (χ3v) is 2.88. The van der Waals surface area contributed by atoms with Crippen LogP contribution in [0.15, 0.2) is 30.7 Å². The maximum absolute atomic E-state index is 13.1. The first kappa shape index (κ1) is 13.5. The molecule has 0 bridgehead atoms. The second-order valence-corrected chi connectivity index (χ2v) is 4.32. The zero-order valence-electron chi connectivity index (χ0n) is 11.0. The first-order valence-corrected chi connectivity index (χ1v) is 6.35. The van der Waals surface area contributed by atoms with Crippen molar-refractivity contribution in [1.82, 2.24) is 9.55 Å². The lowest BCUT2D eigenvalue weighted by Gasteiger charge is -2.11. The Hall–Kier alpha value is -1.88. The number of nitrogens with two attached hydrogens (primary N) is 1. The molecular weight excluding hydrogens is 245 g/mol. The lowest BCUT2D eigenvalue weighted by atomic mass is 10.2. The Morgan fingerprint density at radius 2 is 2.26 bits per heavy atom. The fourth-order valence-electron chi connectivity index (χ4n) is 1.91. The Bertz CT molecular complexity index is 539. The van der Waals surface area contributed by atoms with Gasteiger partial charge in [-0.05, 0) is 24.6 Å². The van der Waals surface area contributed by atoms with E-state index in [0.717, 1.165) is 18.7 Å². The van der Waals surface area contributed by atoms with Gasteiger partial charge >= 0.3 is 0 Å². The highest BCUT2D eigenvalue weighted by Gasteiger charge is 2.06. The van der Waals surface area contributed by atoms with Crippen molar-refractivity contribution in [1.29, 1.82) is 0 Å². The van der Waals surface area contributed by atoms with Crippen molar-refractivity contribution in [3.05, 3.63) is 47.8 Å². The number of imidazole rings is 1. The Balaban J connectivity index is 2.07. The number of hydrogen-bond acceptors (Lipinski definition) is 3. The molecule has 2 rings (SSSR count). The summed E-state index contributed by atoms with van der Waals surface area (Å²) in [7, 11) is 0. The quantitative estimate of drug-likeness (QED) is 0.871. The molecule has 2 N–H and O–H groups in total. The summed E-state index contributed by atoms with van der Waals surface area (Å²) in [4.78, 5) is 4.11. The van der Waals surface area contributed by atoms with Crippen LogP contribution in [-0.4, -0.2) is 9.55 Å². The molecule has 19 heavy (non-hydrogen) atoms. The molecule has 1 aromatic carbocycles. The summed E-state index contributed by atoms with van der Waals surface area (Å²) in [5.74, 6) is 0.317. The first-order chi connectivity index (χ1) is 9.24. The minimum absolute atomic E-state index is 0.251. The summed E-state index contributed by atoms with van der Waals surface area (Å²) in [5.41, 5.74) is 7.24. The minimum atomic E-state index is -0.302. The topological polar surface area (TPSA) is 53.1 Å². The Morgan fingerprint density at radius 1 is 1.42 bits per heavy atom. The summed E-state index contributed by atoms with van der Waals surface area (Å²) in [5, 5.41) is 0. The number of hydrogen-bond donors (Lipinski definition) is 1. The normalized spacial score (nSPS) is 10.7. The Labute approximate surface area is 112 Å². The van der Waals surface area contributed by atoms with Crippen LogP contribution in [0.3, 0.4) is 0 Å². The van der Waals surface area contributed by atoms with Gasteiger partial charge in [0.05, 0.1) is 18.2 Å². The van der Waals surface area contributed by atoms with Crippen LogP contribution in [0.4, 0.5) is 4.39 Å². The molecule has 4 nitrogen and oxygen atoms in total. The van der Waals surface area contributed by atoms with E-state index in [2.05, 4.69) is 11.9 Å². The van der Waals surface area contributed by atoms with Gasteiger partial charge < -0.3 is 15.0 Å². The van der Waals surface area contributed by atoms with Crippen molar-refractivity contribution < 1.29 is 9.13 Å². The molecule has 2 aromatic rings. The molecule has 0 aliphatic heterocycles. The monoisotopic (exact) mass is 263 g/mol. The fourth-order valence-corrected chi connectivity index (χ4v) is 1.91. The van der Waals surface area contributed by atoms with Crippen LogP contribution in [0.1, 0.15) is 24.6 Å². The number of benzene rings is 1. The van der Waals surface area contributed by atoms with Gasteiger partial charge in [0.1, 0.15) is 18.2 Å². The van der Waals surface area contributed by atoms with E-state index in [1.807, 2.05) is 4.57 Å². The molecule has 0 saturated carbocycles. The van der Waals surface area contributed by atoms with Gasteiger partial charge in [-0.2, -0.15) is 0 Å². The van der Waals surface area contributed by atoms with Crippen molar-refractivity contribution >= 4 is 0 Å². The number of aromatic nitrogens is 2. The highest BCUT2D eigenvalue weighted by molar-refractivity contribution is 5.33. The summed E-state index contributed by atoms with van der Waals surface area (Å²) in [6, 6.07) is 4.38. The molecule has 0 aliphatic carbocycles. The van der Waals surface area contributed by atoms with E-state index < -0.39 is 0 Å². The molecule has 0 unspecified atom stereocenters. The molecule has 1 heterocycles. The van der Waals surface area contributed by atoms with Crippen LogP contribution in [0.25, 0.3) is 0 Å². The Morgan fingerprint density at radius 3 is 3.00 bits per heavy atom. The van der Waals surface area contributed by atoms with Crippen molar-refractivity contribution in [2.75, 3.05) is 0 Å². The van der Waals surface area contributed by atoms with Crippen LogP contribution >= 0.6 is 0 Å². The van der Waals surface area contributed by atoms with E-state index in [0.29, 0.717) is 17.9 Å². The molecule has 0 spiro atoms. The van der Waals surface area contributed by atoms with Crippen molar-refractivity contribution in [2.24, 2.45) is 5.73 Å². The third-order valence-electron chi connectivity index (χ3n) is 2.88. The van der Waals surface area contributed by atoms with E-state index >= 15 is 0 Å². The summed E-state index contributed by atoms with van der Waals surface area (Å²) < 4.78 is 20.8. The van der Waals surface area contributed by atoms with E-state index in [9.17, 15) is 4.39 Å². The smallest absolute Gasteiger partial charge is 0.130 e. The van der Waals surface area contributed by atoms with Crippen LogP contribution in [-0.2, 0) is 19.7 Å². The zero-order valence-corrected chi connectivity index (χ0v) is 11.0. The lowest BCUT2D eigenvalue weighted by Crippen LogP contribution is -2.07. The van der Waals surface area contributed by atoms with Gasteiger partial charge in [0.25, 0.3) is 0 Å². The van der Waals surface area contributed by atoms with Crippen molar-refractivity contribution in [3.8, 4) is 5.75 Å². The van der Waals surface area contributed by atoms with Crippen molar-refractivity contribution in [3.63, 3.8) is 0 Å². The lowest BCUT2D eigenvalue weighted by molar-refractivity contribution is 0.291. The van der Waals surface area contributed by atoms with Gasteiger partial charge in [-0.1, -0.05) is 6.92 Å². The highest BCUT2D eigenvalue weighted by atomic mass is 19.1. The standard InChI is InChI=1S/C14H18FN3O/c1-2-5-18-10-17-8-13(18)9-19-14-4-3-12(15)6-11(14)7-16/h3-4,6,8,10H,2,5,7,9,16H2,1H3. The second-order valence-electron chi connectivity index (χ2n) is 4.32. The maximum Gasteiger partial charge on any atom is 0.130 e. The van der Waals surface area contributed by atoms with E-state index in [-0.39, 0.29) is 12.4 Å². The van der Waals surface area contributed by atoms with Gasteiger partial charge in [-0.3, -0.25) is 0 Å². The summed E-state index contributed by atoms with van der Waals surface area (Å²) in [6.07, 6.45) is 4.60. The largest absolute Gasteiger partial charge is 0.487 e. The fraction of sp³-hybridized carbons (Fsp3) is 0.357. The third kappa shape index (κ3) is 3.32. The van der Waals surface area contributed by atoms with Gasteiger partial charge in [-0.25, -0.2) is 9.37 Å². The van der Waals surface area contributed by atoms with E-state index in [1.54, 1.807) is 18.6 Å². The predicted molar refractivity (Wildman–Crippen MR) is 71.1 cm³/mol. The maximum atomic E-state index is 13.1. The molecule has 0 aliphatic rings. The zero-order chi connectivity index (χ0) is 13.7. The minimum Gasteiger partial charge on any atom is -0.487 e. The first-order valence-electron chi connectivity index (χ1n) is 6.35. The molecule has 1 aromatic heterocycles. The number of ether oxygens (including phenoxy) is 1. The van der Waals surface area contributed by atoms with Crippen LogP contribution in [0.2, 0.25) is 0 Å². The SMILES string of the molecule is CCCn1cncc1COc1ccc(F)cc1CN. The number of nitrogens with zero attached hydrogens (tertiary/aromatic N) is 2. The van der Waals surface area contributed by atoms with Gasteiger partial charge in [0.2, 0.25) is 0 Å². The number of rotatable bonds is 6. The highest BCUT2D eigenvalue weighted by Crippen LogP contribution is 2.20. The molecule has 0 amide bonds. The van der Waals surface area contributed by atoms with Gasteiger partial charge in [0.15, 0.2) is 0 Å². The molecule has 0 fully saturated rings. The number of halogens is 1. The molecular formula is C14H18FN3O. The Kier molecular flexibility index (Phi) is 4.52. The second kappa shape index (κ2) is 6.33. The summed E-state index contributed by atoms with van der Waals surface area (Å²) in [6.45, 7) is 3.67. The van der Waals surface area contributed by atoms with E-state index in [1.165, 1.54) is 12.1 Å². The molecule has 0 atom stereocenters. The summed E-state index contributed by atoms with van der Waals surface area (Å²) >= 11 is 0. The van der Waals surface area contributed by atoms with E-state index in [4.69, 9.17) is 10.5 Å². The predicted octanol–water partition coefficient (Wildman–Crippen LogP) is 2.47. The average molecular weight is 263 g/mol. The van der Waals surface area contributed by atoms with Gasteiger partial charge in [-0.15, -0.1) is 0 Å². The molecule has 0 saturated heterocycles. The van der Waals surface area contributed by atoms with Crippen molar-refractivity contribution in [2.45, 2.75) is 33.0 Å². The number of aryl methyl sites for hydroxylation is 1. The molecule has 5 heteroatoms. The van der Waals surface area contributed by atoms with Gasteiger partial charge in [0, 0.05) is 18.7 Å². The average Bonchev–Trinajstić information content (AvgIpc) is 2.85. The van der Waals surface area contributed by atoms with Crippen LogP contribution in [0, 0.1) is 5.82 Å². The van der Waals surface area contributed by atoms with Crippen LogP contribution in [0.5, 0.6) is 5.75 Å². The molecule has 0 radical (unpaired) electrons.